The third-order valence-corrected chi connectivity index (χ3v) is 2.54. The van der Waals surface area contributed by atoms with Crippen LogP contribution in [0, 0.1) is 6.42 Å². The normalized spacial score (nSPS) is 10.3. The van der Waals surface area contributed by atoms with Crippen LogP contribution in [0.4, 0.5) is 0 Å². The van der Waals surface area contributed by atoms with Crippen molar-refractivity contribution in [2.45, 2.75) is 0 Å². The van der Waals surface area contributed by atoms with Crippen LogP contribution in [0.1, 0.15) is 11.1 Å². The molecular weight excluding hydrogens is 227 g/mol. The van der Waals surface area contributed by atoms with Crippen molar-refractivity contribution in [3.63, 3.8) is 0 Å². The predicted molar refractivity (Wildman–Crippen MR) is 65.4 cm³/mol. The summed E-state index contributed by atoms with van der Waals surface area (Å²) in [5.41, 5.74) is 2.20. The van der Waals surface area contributed by atoms with E-state index < -0.39 is 0 Å². The van der Waals surface area contributed by atoms with Crippen molar-refractivity contribution in [2.75, 3.05) is 0 Å². The lowest BCUT2D eigenvalue weighted by atomic mass is 10.1. The van der Waals surface area contributed by atoms with Crippen molar-refractivity contribution in [2.24, 2.45) is 0 Å². The van der Waals surface area contributed by atoms with Crippen LogP contribution in [0.25, 0.3) is 0 Å². The second kappa shape index (κ2) is 4.69. The molecule has 0 heterocycles. The third-order valence-electron chi connectivity index (χ3n) is 2.05. The first kappa shape index (κ1) is 10.5. The van der Waals surface area contributed by atoms with E-state index in [0.29, 0.717) is 0 Å². The maximum absolute atomic E-state index is 5.90. The summed E-state index contributed by atoms with van der Waals surface area (Å²) in [6, 6.07) is 15.4. The van der Waals surface area contributed by atoms with Crippen LogP contribution in [-0.4, -0.2) is 0 Å². The number of hydrogen-bond acceptors (Lipinski definition) is 0. The smallest absolute Gasteiger partial charge is 0.0408 e. The van der Waals surface area contributed by atoms with Crippen LogP contribution in [0.5, 0.6) is 0 Å². The SMILES string of the molecule is Clc1ccc([CH]c2cccc(Cl)c2)cc1. The fraction of sp³-hybridized carbons (Fsp3) is 0. The maximum Gasteiger partial charge on any atom is 0.0408 e. The maximum atomic E-state index is 5.90. The second-order valence-corrected chi connectivity index (χ2v) is 4.12. The molecule has 2 rings (SSSR count). The van der Waals surface area contributed by atoms with E-state index in [1.165, 1.54) is 0 Å². The van der Waals surface area contributed by atoms with Gasteiger partial charge in [0.25, 0.3) is 0 Å². The van der Waals surface area contributed by atoms with Crippen LogP contribution in [0.3, 0.4) is 0 Å². The second-order valence-electron chi connectivity index (χ2n) is 3.25. The Hall–Kier alpha value is -0.980. The molecule has 1 radical (unpaired) electrons. The molecule has 0 unspecified atom stereocenters. The van der Waals surface area contributed by atoms with E-state index in [1.807, 2.05) is 48.5 Å². The zero-order valence-electron chi connectivity index (χ0n) is 7.95. The average molecular weight is 236 g/mol. The van der Waals surface area contributed by atoms with Gasteiger partial charge in [-0.3, -0.25) is 0 Å². The molecule has 0 saturated carbocycles. The van der Waals surface area contributed by atoms with E-state index in [-0.39, 0.29) is 0 Å². The van der Waals surface area contributed by atoms with Crippen LogP contribution < -0.4 is 0 Å². The Balaban J connectivity index is 2.18. The predicted octanol–water partition coefficient (Wildman–Crippen LogP) is 4.59. The van der Waals surface area contributed by atoms with Gasteiger partial charge in [-0.25, -0.2) is 0 Å². The van der Waals surface area contributed by atoms with E-state index in [4.69, 9.17) is 23.2 Å². The van der Waals surface area contributed by atoms with Crippen molar-refractivity contribution >= 4 is 23.2 Å². The standard InChI is InChI=1S/C13H9Cl2/c14-12-6-4-10(5-7-12)8-11-2-1-3-13(15)9-11/h1-9H. The highest BCUT2D eigenvalue weighted by atomic mass is 35.5. The van der Waals surface area contributed by atoms with Gasteiger partial charge in [-0.15, -0.1) is 0 Å². The van der Waals surface area contributed by atoms with Crippen LogP contribution in [0.2, 0.25) is 10.0 Å². The topological polar surface area (TPSA) is 0 Å². The number of hydrogen-bond donors (Lipinski definition) is 0. The van der Waals surface area contributed by atoms with Crippen LogP contribution in [0.15, 0.2) is 48.5 Å². The van der Waals surface area contributed by atoms with Gasteiger partial charge in [-0.1, -0.05) is 47.5 Å². The highest BCUT2D eigenvalue weighted by molar-refractivity contribution is 6.30. The first-order chi connectivity index (χ1) is 7.24. The molecule has 15 heavy (non-hydrogen) atoms. The molecule has 0 aromatic heterocycles. The van der Waals surface area contributed by atoms with E-state index in [0.717, 1.165) is 21.2 Å². The first-order valence-electron chi connectivity index (χ1n) is 4.60. The molecule has 0 nitrogen and oxygen atoms in total. The Kier molecular flexibility index (Phi) is 3.30. The molecule has 2 aromatic carbocycles. The molecule has 0 aliphatic carbocycles. The van der Waals surface area contributed by atoms with Crippen molar-refractivity contribution in [3.8, 4) is 0 Å². The Bertz CT molecular complexity index is 446. The molecule has 0 fully saturated rings. The quantitative estimate of drug-likeness (QED) is 0.715. The van der Waals surface area contributed by atoms with Gasteiger partial charge in [-0.2, -0.15) is 0 Å². The summed E-state index contributed by atoms with van der Waals surface area (Å²) in [5.74, 6) is 0. The summed E-state index contributed by atoms with van der Waals surface area (Å²) >= 11 is 11.7. The lowest BCUT2D eigenvalue weighted by molar-refractivity contribution is 1.43. The fourth-order valence-corrected chi connectivity index (χ4v) is 1.67. The summed E-state index contributed by atoms with van der Waals surface area (Å²) in [5, 5.41) is 1.50. The van der Waals surface area contributed by atoms with Gasteiger partial charge < -0.3 is 0 Å². The number of rotatable bonds is 2. The minimum absolute atomic E-state index is 0.748. The largest absolute Gasteiger partial charge is 0.0843 e. The van der Waals surface area contributed by atoms with E-state index in [9.17, 15) is 0 Å². The van der Waals surface area contributed by atoms with Gasteiger partial charge in [-0.05, 0) is 35.4 Å². The molecule has 0 amide bonds. The Morgan fingerprint density at radius 1 is 0.733 bits per heavy atom. The van der Waals surface area contributed by atoms with Crippen molar-refractivity contribution in [1.29, 1.82) is 0 Å². The lowest BCUT2D eigenvalue weighted by Crippen LogP contribution is -1.84. The Morgan fingerprint density at radius 3 is 2.13 bits per heavy atom. The van der Waals surface area contributed by atoms with Gasteiger partial charge in [0.1, 0.15) is 0 Å². The van der Waals surface area contributed by atoms with Crippen LogP contribution in [-0.2, 0) is 0 Å². The van der Waals surface area contributed by atoms with Gasteiger partial charge >= 0.3 is 0 Å². The minimum atomic E-state index is 0.748. The molecule has 2 aromatic rings. The molecule has 0 aliphatic rings. The zero-order chi connectivity index (χ0) is 10.7. The Morgan fingerprint density at radius 2 is 1.47 bits per heavy atom. The molecule has 0 aliphatic heterocycles. The monoisotopic (exact) mass is 235 g/mol. The summed E-state index contributed by atoms with van der Waals surface area (Å²) < 4.78 is 0. The van der Waals surface area contributed by atoms with E-state index in [2.05, 4.69) is 6.42 Å². The fourth-order valence-electron chi connectivity index (χ4n) is 1.35. The third kappa shape index (κ3) is 2.98. The molecule has 0 atom stereocenters. The van der Waals surface area contributed by atoms with Gasteiger partial charge in [0.05, 0.1) is 0 Å². The Labute approximate surface area is 99.5 Å². The van der Waals surface area contributed by atoms with Gasteiger partial charge in [0.2, 0.25) is 0 Å². The van der Waals surface area contributed by atoms with Crippen LogP contribution >= 0.6 is 23.2 Å². The number of halogens is 2. The summed E-state index contributed by atoms with van der Waals surface area (Å²) in [4.78, 5) is 0. The van der Waals surface area contributed by atoms with Crippen molar-refractivity contribution in [3.05, 3.63) is 76.1 Å². The summed E-state index contributed by atoms with van der Waals surface area (Å²) in [6.45, 7) is 0. The molecule has 0 N–H and O–H groups in total. The average Bonchev–Trinajstić information content (AvgIpc) is 2.22. The molecule has 0 saturated heterocycles. The molecule has 2 heteroatoms. The lowest BCUT2D eigenvalue weighted by Gasteiger charge is -2.01. The summed E-state index contributed by atoms with van der Waals surface area (Å²) in [6.07, 6.45) is 2.06. The van der Waals surface area contributed by atoms with E-state index in [1.54, 1.807) is 0 Å². The molecule has 0 bridgehead atoms. The van der Waals surface area contributed by atoms with Gasteiger partial charge in [0, 0.05) is 16.5 Å². The first-order valence-corrected chi connectivity index (χ1v) is 5.35. The molecule has 0 spiro atoms. The highest BCUT2D eigenvalue weighted by Gasteiger charge is 1.97. The van der Waals surface area contributed by atoms with E-state index >= 15 is 0 Å². The van der Waals surface area contributed by atoms with Crippen molar-refractivity contribution in [1.82, 2.24) is 0 Å². The summed E-state index contributed by atoms with van der Waals surface area (Å²) in [7, 11) is 0. The highest BCUT2D eigenvalue weighted by Crippen LogP contribution is 2.17. The van der Waals surface area contributed by atoms with Crippen molar-refractivity contribution < 1.29 is 0 Å². The molecule has 75 valence electrons. The minimum Gasteiger partial charge on any atom is -0.0843 e. The molecular formula is C13H9Cl2. The zero-order valence-corrected chi connectivity index (χ0v) is 9.46. The number of benzene rings is 2. The van der Waals surface area contributed by atoms with Gasteiger partial charge in [0.15, 0.2) is 0 Å².